The van der Waals surface area contributed by atoms with Crippen molar-refractivity contribution in [3.63, 3.8) is 0 Å². The molecule has 3 aromatic rings. The number of hydroxylamine groups is 1. The van der Waals surface area contributed by atoms with Crippen molar-refractivity contribution in [2.45, 2.75) is 55.5 Å². The van der Waals surface area contributed by atoms with Gasteiger partial charge in [-0.1, -0.05) is 6.42 Å². The lowest BCUT2D eigenvalue weighted by atomic mass is 10.1. The number of benzene rings is 1. The molecule has 1 aliphatic carbocycles. The number of anilines is 4. The van der Waals surface area contributed by atoms with Gasteiger partial charge in [-0.2, -0.15) is 5.10 Å². The molecule has 0 spiro atoms. The molecule has 1 aromatic carbocycles. The first-order chi connectivity index (χ1) is 19.9. The van der Waals surface area contributed by atoms with Crippen LogP contribution in [0.3, 0.4) is 0 Å². The van der Waals surface area contributed by atoms with E-state index < -0.39 is 0 Å². The van der Waals surface area contributed by atoms with Gasteiger partial charge < -0.3 is 15.5 Å². The highest BCUT2D eigenvalue weighted by atomic mass is 32.2. The SMILES string of the molecule is Cc1cc(Nc2cc(N3CCN(CCCCCC(=O)NO)CC3)nc(Sc3ccc(NC(=O)C4CC4)cc3)n2)n[nH]1. The second-order valence-corrected chi connectivity index (χ2v) is 11.6. The van der Waals surface area contributed by atoms with Crippen LogP contribution in [0.4, 0.5) is 23.1 Å². The molecule has 218 valence electrons. The van der Waals surface area contributed by atoms with Crippen molar-refractivity contribution in [1.29, 1.82) is 0 Å². The van der Waals surface area contributed by atoms with Crippen molar-refractivity contribution in [2.24, 2.45) is 5.92 Å². The molecule has 0 unspecified atom stereocenters. The Balaban J connectivity index is 1.21. The molecule has 0 atom stereocenters. The first kappa shape index (κ1) is 28.8. The first-order valence-corrected chi connectivity index (χ1v) is 14.9. The Labute approximate surface area is 243 Å². The van der Waals surface area contributed by atoms with Gasteiger partial charge in [0.1, 0.15) is 11.6 Å². The second-order valence-electron chi connectivity index (χ2n) is 10.5. The van der Waals surface area contributed by atoms with E-state index in [1.54, 1.807) is 5.48 Å². The summed E-state index contributed by atoms with van der Waals surface area (Å²) in [6.45, 7) is 6.50. The summed E-state index contributed by atoms with van der Waals surface area (Å²) in [7, 11) is 0. The van der Waals surface area contributed by atoms with E-state index in [1.165, 1.54) is 11.8 Å². The van der Waals surface area contributed by atoms with Crippen LogP contribution in [-0.2, 0) is 9.59 Å². The summed E-state index contributed by atoms with van der Waals surface area (Å²) in [5.74, 6) is 2.16. The number of nitrogens with one attached hydrogen (secondary N) is 4. The van der Waals surface area contributed by atoms with E-state index in [0.29, 0.717) is 23.2 Å². The highest BCUT2D eigenvalue weighted by Crippen LogP contribution is 2.32. The van der Waals surface area contributed by atoms with E-state index in [2.05, 4.69) is 30.6 Å². The Hall–Kier alpha value is -3.68. The van der Waals surface area contributed by atoms with Gasteiger partial charge >= 0.3 is 0 Å². The van der Waals surface area contributed by atoms with Gasteiger partial charge in [-0.3, -0.25) is 24.8 Å². The molecule has 2 amide bonds. The maximum Gasteiger partial charge on any atom is 0.243 e. The number of aromatic nitrogens is 4. The minimum Gasteiger partial charge on any atom is -0.354 e. The quantitative estimate of drug-likeness (QED) is 0.0872. The van der Waals surface area contributed by atoms with E-state index in [1.807, 2.05) is 43.3 Å². The fraction of sp³-hybridized carbons (Fsp3) is 0.464. The van der Waals surface area contributed by atoms with Crippen LogP contribution >= 0.6 is 11.8 Å². The molecule has 1 aliphatic heterocycles. The van der Waals surface area contributed by atoms with Crippen LogP contribution in [0.1, 0.15) is 44.2 Å². The van der Waals surface area contributed by atoms with Gasteiger partial charge in [0.15, 0.2) is 11.0 Å². The van der Waals surface area contributed by atoms with Crippen molar-refractivity contribution < 1.29 is 14.8 Å². The number of aromatic amines is 1. The summed E-state index contributed by atoms with van der Waals surface area (Å²) < 4.78 is 0. The number of nitrogens with zero attached hydrogens (tertiary/aromatic N) is 5. The van der Waals surface area contributed by atoms with Crippen molar-refractivity contribution in [2.75, 3.05) is 48.3 Å². The van der Waals surface area contributed by atoms with Crippen LogP contribution in [-0.4, -0.2) is 74.8 Å². The maximum atomic E-state index is 12.1. The molecular weight excluding hydrogens is 542 g/mol. The molecule has 1 saturated carbocycles. The molecular formula is C28H37N9O3S. The monoisotopic (exact) mass is 579 g/mol. The predicted molar refractivity (Wildman–Crippen MR) is 158 cm³/mol. The molecule has 5 N–H and O–H groups in total. The standard InChI is InChI=1S/C28H37N9O3S/c1-19-17-24(34-33-19)30-23-18-25(37-15-13-36(14-16-37)12-4-2-3-5-26(38)35-40)32-28(31-23)41-22-10-8-21(9-11-22)29-27(39)20-6-7-20/h8-11,17-18,20,40H,2-7,12-16H2,1H3,(H,29,39)(H,35,38)(H2,30,31,32,33,34). The highest BCUT2D eigenvalue weighted by Gasteiger charge is 2.29. The topological polar surface area (TPSA) is 151 Å². The Bertz CT molecular complexity index is 1320. The normalized spacial score (nSPS) is 15.5. The second kappa shape index (κ2) is 13.8. The zero-order chi connectivity index (χ0) is 28.6. The number of rotatable bonds is 13. The molecule has 1 saturated heterocycles. The lowest BCUT2D eigenvalue weighted by Crippen LogP contribution is -2.47. The fourth-order valence-electron chi connectivity index (χ4n) is 4.65. The van der Waals surface area contributed by atoms with E-state index in [-0.39, 0.29) is 17.7 Å². The molecule has 2 aliphatic rings. The zero-order valence-corrected chi connectivity index (χ0v) is 24.0. The van der Waals surface area contributed by atoms with E-state index in [9.17, 15) is 9.59 Å². The number of H-pyrrole nitrogens is 1. The van der Waals surface area contributed by atoms with Crippen LogP contribution in [0.5, 0.6) is 0 Å². The van der Waals surface area contributed by atoms with Gasteiger partial charge in [-0.05, 0) is 75.2 Å². The van der Waals surface area contributed by atoms with Crippen LogP contribution in [0, 0.1) is 12.8 Å². The van der Waals surface area contributed by atoms with Crippen LogP contribution in [0.15, 0.2) is 46.5 Å². The van der Waals surface area contributed by atoms with Crippen molar-refractivity contribution in [1.82, 2.24) is 30.5 Å². The van der Waals surface area contributed by atoms with Crippen molar-refractivity contribution in [3.05, 3.63) is 42.1 Å². The average molecular weight is 580 g/mol. The van der Waals surface area contributed by atoms with E-state index in [4.69, 9.17) is 15.2 Å². The van der Waals surface area contributed by atoms with Gasteiger partial charge in [0.2, 0.25) is 11.8 Å². The summed E-state index contributed by atoms with van der Waals surface area (Å²) in [6, 6.07) is 11.7. The van der Waals surface area contributed by atoms with Crippen LogP contribution < -0.4 is 21.0 Å². The third-order valence-electron chi connectivity index (χ3n) is 7.13. The molecule has 12 nitrogen and oxygen atoms in total. The lowest BCUT2D eigenvalue weighted by molar-refractivity contribution is -0.129. The average Bonchev–Trinajstić information content (AvgIpc) is 3.76. The minimum atomic E-state index is -0.327. The summed E-state index contributed by atoms with van der Waals surface area (Å²) in [5.41, 5.74) is 3.44. The number of hydrogen-bond acceptors (Lipinski definition) is 10. The van der Waals surface area contributed by atoms with Gasteiger partial charge in [0.05, 0.1) is 0 Å². The number of piperazine rings is 1. The number of carbonyl (C=O) groups excluding carboxylic acids is 2. The minimum absolute atomic E-state index is 0.0953. The summed E-state index contributed by atoms with van der Waals surface area (Å²) in [4.78, 5) is 38.6. The van der Waals surface area contributed by atoms with Crippen molar-refractivity contribution >= 4 is 46.7 Å². The number of carbonyl (C=O) groups is 2. The largest absolute Gasteiger partial charge is 0.354 e. The Kier molecular flexibility index (Phi) is 9.70. The van der Waals surface area contributed by atoms with E-state index >= 15 is 0 Å². The predicted octanol–water partition coefficient (Wildman–Crippen LogP) is 3.94. The molecule has 5 rings (SSSR count). The van der Waals surface area contributed by atoms with Gasteiger partial charge in [0.25, 0.3) is 0 Å². The molecule has 0 radical (unpaired) electrons. The Morgan fingerprint density at radius 3 is 2.49 bits per heavy atom. The Morgan fingerprint density at radius 1 is 1.02 bits per heavy atom. The number of unbranched alkanes of at least 4 members (excludes halogenated alkanes) is 2. The van der Waals surface area contributed by atoms with Crippen LogP contribution in [0.2, 0.25) is 0 Å². The number of aryl methyl sites for hydroxylation is 1. The molecule has 41 heavy (non-hydrogen) atoms. The Morgan fingerprint density at radius 2 is 1.80 bits per heavy atom. The van der Waals surface area contributed by atoms with Crippen molar-refractivity contribution in [3.8, 4) is 0 Å². The number of hydrogen-bond donors (Lipinski definition) is 5. The molecule has 0 bridgehead atoms. The third kappa shape index (κ3) is 8.65. The summed E-state index contributed by atoms with van der Waals surface area (Å²) in [5, 5.41) is 22.8. The lowest BCUT2D eigenvalue weighted by Gasteiger charge is -2.35. The third-order valence-corrected chi connectivity index (χ3v) is 8.01. The molecule has 2 fully saturated rings. The van der Waals surface area contributed by atoms with Gasteiger partial charge in [-0.25, -0.2) is 15.4 Å². The van der Waals surface area contributed by atoms with Gasteiger partial charge in [0, 0.05) is 66.9 Å². The number of amides is 2. The maximum absolute atomic E-state index is 12.1. The molecule has 2 aromatic heterocycles. The smallest absolute Gasteiger partial charge is 0.243 e. The highest BCUT2D eigenvalue weighted by molar-refractivity contribution is 7.99. The van der Waals surface area contributed by atoms with E-state index in [0.717, 1.165) is 86.9 Å². The molecule has 13 heteroatoms. The molecule has 3 heterocycles. The van der Waals surface area contributed by atoms with Gasteiger partial charge in [-0.15, -0.1) is 0 Å². The summed E-state index contributed by atoms with van der Waals surface area (Å²) >= 11 is 1.48. The zero-order valence-electron chi connectivity index (χ0n) is 23.2. The summed E-state index contributed by atoms with van der Waals surface area (Å²) in [6.07, 6.45) is 5.06. The first-order valence-electron chi connectivity index (χ1n) is 14.1. The fourth-order valence-corrected chi connectivity index (χ4v) is 5.42. The van der Waals surface area contributed by atoms with Crippen LogP contribution in [0.25, 0.3) is 0 Å².